The molecule has 7 N–H and O–H groups in total. The van der Waals surface area contributed by atoms with E-state index in [1.54, 1.807) is 23.7 Å². The maximum absolute atomic E-state index is 6.40. The molecule has 8 heterocycles. The van der Waals surface area contributed by atoms with E-state index in [1.165, 1.54) is 0 Å². The largest absolute Gasteiger partial charge is 0.383 e. The summed E-state index contributed by atoms with van der Waals surface area (Å²) >= 11 is 1.68. The van der Waals surface area contributed by atoms with E-state index >= 15 is 0 Å². The molecular weight excluding hydrogens is 627 g/mol. The molecule has 0 unspecified atom stereocenters. The van der Waals surface area contributed by atoms with Gasteiger partial charge in [0.2, 0.25) is 24.1 Å². The fourth-order valence-electron chi connectivity index (χ4n) is 6.42. The number of hydrogen-bond acceptors (Lipinski definition) is 14. The third kappa shape index (κ3) is 6.41. The molecule has 2 fully saturated rings. The number of nitrogens with two attached hydrogens (primary N) is 2. The smallest absolute Gasteiger partial charge is 0.226 e. The van der Waals surface area contributed by atoms with Gasteiger partial charge in [-0.1, -0.05) is 11.3 Å². The molecule has 0 bridgehead atoms. The first kappa shape index (κ1) is 30.3. The Morgan fingerprint density at radius 1 is 0.854 bits per heavy atom. The Bertz CT molecular complexity index is 2050. The minimum absolute atomic E-state index is 0.252. The zero-order valence-electron chi connectivity index (χ0n) is 26.7. The van der Waals surface area contributed by atoms with Crippen LogP contribution in [-0.2, 0) is 6.67 Å². The van der Waals surface area contributed by atoms with Crippen LogP contribution in [0, 0.1) is 0 Å². The number of aromatic nitrogens is 9. The Kier molecular flexibility index (Phi) is 8.11. The highest BCUT2D eigenvalue weighted by atomic mass is 32.1. The Balaban J connectivity index is 0.872. The van der Waals surface area contributed by atoms with Crippen LogP contribution in [0.3, 0.4) is 0 Å². The van der Waals surface area contributed by atoms with Gasteiger partial charge in [-0.25, -0.2) is 14.9 Å². The molecule has 246 valence electrons. The van der Waals surface area contributed by atoms with Crippen molar-refractivity contribution < 1.29 is 4.57 Å². The van der Waals surface area contributed by atoms with Gasteiger partial charge in [-0.15, -0.1) is 0 Å². The number of fused-ring (bicyclic) bond motifs is 2. The average molecular weight is 665 g/mol. The second-order valence-corrected chi connectivity index (χ2v) is 13.5. The average Bonchev–Trinajstić information content (AvgIpc) is 3.80. The highest BCUT2D eigenvalue weighted by Crippen LogP contribution is 2.28. The number of rotatable bonds is 8. The van der Waals surface area contributed by atoms with Gasteiger partial charge in [0.1, 0.15) is 16.5 Å². The molecule has 48 heavy (non-hydrogen) atoms. The van der Waals surface area contributed by atoms with Gasteiger partial charge in [-0.2, -0.15) is 29.6 Å². The van der Waals surface area contributed by atoms with E-state index in [9.17, 15) is 0 Å². The van der Waals surface area contributed by atoms with Crippen molar-refractivity contribution in [3.8, 4) is 21.7 Å². The fraction of sp³-hybridized carbons (Fsp3) is 0.375. The molecule has 6 aromatic heterocycles. The van der Waals surface area contributed by atoms with Crippen LogP contribution in [0.2, 0.25) is 0 Å². The maximum atomic E-state index is 6.40. The summed E-state index contributed by atoms with van der Waals surface area (Å²) in [5.74, 6) is 1.91. The number of nitrogens with zero attached hydrogens (tertiary/aromatic N) is 10. The SMILES string of the molecule is CN1CCC(Nc2nc(N)c3cc(-c4c[n+](CN5CCC(Nc6nc(N)c7cc(-c8ccn[nH]8)cnc7n6)CC5)cs4)cnc3n2)CC1. The van der Waals surface area contributed by atoms with Gasteiger partial charge in [-0.05, 0) is 64.0 Å². The molecule has 2 saturated heterocycles. The number of H-pyrrole nitrogens is 1. The van der Waals surface area contributed by atoms with Crippen molar-refractivity contribution in [1.82, 2.24) is 49.9 Å². The number of pyridine rings is 2. The quantitative estimate of drug-likeness (QED) is 0.149. The lowest BCUT2D eigenvalue weighted by atomic mass is 10.1. The van der Waals surface area contributed by atoms with Crippen molar-refractivity contribution in [1.29, 1.82) is 0 Å². The summed E-state index contributed by atoms with van der Waals surface area (Å²) in [6, 6.07) is 6.46. The minimum Gasteiger partial charge on any atom is -0.383 e. The van der Waals surface area contributed by atoms with Crippen LogP contribution in [0.4, 0.5) is 23.5 Å². The number of anilines is 4. The summed E-state index contributed by atoms with van der Waals surface area (Å²) in [6.45, 7) is 4.82. The van der Waals surface area contributed by atoms with Crippen molar-refractivity contribution in [2.75, 3.05) is 55.3 Å². The lowest BCUT2D eigenvalue weighted by molar-refractivity contribution is -0.711. The van der Waals surface area contributed by atoms with Crippen LogP contribution in [0.1, 0.15) is 25.7 Å². The summed E-state index contributed by atoms with van der Waals surface area (Å²) < 4.78 is 2.22. The first-order valence-electron chi connectivity index (χ1n) is 16.2. The number of aromatic amines is 1. The highest BCUT2D eigenvalue weighted by Gasteiger charge is 2.24. The molecule has 0 atom stereocenters. The van der Waals surface area contributed by atoms with E-state index in [4.69, 9.17) is 11.5 Å². The van der Waals surface area contributed by atoms with Crippen LogP contribution in [0.15, 0.2) is 48.5 Å². The Morgan fingerprint density at radius 2 is 1.46 bits per heavy atom. The second kappa shape index (κ2) is 12.9. The van der Waals surface area contributed by atoms with Crippen LogP contribution < -0.4 is 26.7 Å². The van der Waals surface area contributed by atoms with Crippen LogP contribution in [0.25, 0.3) is 43.8 Å². The number of hydrogen-bond donors (Lipinski definition) is 5. The first-order valence-corrected chi connectivity index (χ1v) is 17.1. The third-order valence-electron chi connectivity index (χ3n) is 9.19. The van der Waals surface area contributed by atoms with Gasteiger partial charge in [0.25, 0.3) is 0 Å². The molecular formula is C32H38N15S+. The molecule has 6 aromatic rings. The maximum Gasteiger partial charge on any atom is 0.226 e. The minimum atomic E-state index is 0.252. The van der Waals surface area contributed by atoms with E-state index in [1.807, 2.05) is 24.4 Å². The fourth-order valence-corrected chi connectivity index (χ4v) is 7.24. The van der Waals surface area contributed by atoms with Crippen molar-refractivity contribution in [2.24, 2.45) is 0 Å². The highest BCUT2D eigenvalue weighted by molar-refractivity contribution is 7.12. The third-order valence-corrected chi connectivity index (χ3v) is 10.2. The number of likely N-dealkylation sites (tertiary alicyclic amines) is 2. The molecule has 0 amide bonds. The van der Waals surface area contributed by atoms with Crippen LogP contribution >= 0.6 is 11.3 Å². The molecule has 15 nitrogen and oxygen atoms in total. The summed E-state index contributed by atoms with van der Waals surface area (Å²) in [5, 5.41) is 15.4. The van der Waals surface area contributed by atoms with Gasteiger partial charge < -0.3 is 27.0 Å². The molecule has 0 aromatic carbocycles. The van der Waals surface area contributed by atoms with E-state index in [2.05, 4.69) is 83.9 Å². The van der Waals surface area contributed by atoms with Gasteiger partial charge in [0.05, 0.1) is 16.5 Å². The number of piperidine rings is 2. The van der Waals surface area contributed by atoms with Crippen LogP contribution in [0.5, 0.6) is 0 Å². The van der Waals surface area contributed by atoms with E-state index in [0.717, 1.165) is 91.0 Å². The van der Waals surface area contributed by atoms with Crippen molar-refractivity contribution in [3.63, 3.8) is 0 Å². The number of nitrogens with one attached hydrogen (secondary N) is 3. The standard InChI is InChI=1S/C32H38N15S/c1-45-8-3-21(4-9-45)38-31-41-28(34)24-13-20(15-36-30(24)43-31)26-16-47(18-48-26)17-46-10-5-22(6-11-46)39-32-40-27(33)23-12-19(14-35-29(23)42-32)25-2-7-37-44-25/h2,7,12-16,18,21-22H,3-6,8-11,17H2,1H3,(H,37,44)(H3,33,35,39,40,42)(H3,34,36,38,41,43)/q+1. The lowest BCUT2D eigenvalue weighted by Gasteiger charge is -2.30. The summed E-state index contributed by atoms with van der Waals surface area (Å²) in [7, 11) is 2.15. The molecule has 16 heteroatoms. The van der Waals surface area contributed by atoms with E-state index in [-0.39, 0.29) is 6.04 Å². The Labute approximate surface area is 280 Å². The monoisotopic (exact) mass is 664 g/mol. The van der Waals surface area contributed by atoms with Crippen LogP contribution in [-0.4, -0.2) is 95.2 Å². The Morgan fingerprint density at radius 3 is 2.08 bits per heavy atom. The van der Waals surface area contributed by atoms with E-state index in [0.29, 0.717) is 40.9 Å². The molecule has 8 rings (SSSR count). The Hall–Kier alpha value is -5.06. The van der Waals surface area contributed by atoms with Crippen molar-refractivity contribution >= 4 is 56.9 Å². The normalized spacial score (nSPS) is 16.9. The van der Waals surface area contributed by atoms with Crippen molar-refractivity contribution in [3.05, 3.63) is 48.5 Å². The summed E-state index contributed by atoms with van der Waals surface area (Å²) in [6.07, 6.45) is 11.6. The molecule has 0 saturated carbocycles. The number of nitrogen functional groups attached to an aromatic ring is 2. The molecule has 0 radical (unpaired) electrons. The van der Waals surface area contributed by atoms with Gasteiger partial charge in [0.15, 0.2) is 17.5 Å². The van der Waals surface area contributed by atoms with E-state index < -0.39 is 0 Å². The molecule has 2 aliphatic rings. The molecule has 0 aliphatic carbocycles. The predicted molar refractivity (Wildman–Crippen MR) is 187 cm³/mol. The molecule has 2 aliphatic heterocycles. The first-order chi connectivity index (χ1) is 23.4. The topological polar surface area (TPSA) is 192 Å². The van der Waals surface area contributed by atoms with Gasteiger partial charge in [-0.3, -0.25) is 5.10 Å². The zero-order chi connectivity index (χ0) is 32.6. The molecule has 0 spiro atoms. The second-order valence-electron chi connectivity index (χ2n) is 12.7. The van der Waals surface area contributed by atoms with Gasteiger partial charge in [0, 0.05) is 54.9 Å². The predicted octanol–water partition coefficient (Wildman–Crippen LogP) is 2.97. The summed E-state index contributed by atoms with van der Waals surface area (Å²) in [4.78, 5) is 33.5. The zero-order valence-corrected chi connectivity index (χ0v) is 27.5. The van der Waals surface area contributed by atoms with Crippen molar-refractivity contribution in [2.45, 2.75) is 44.4 Å². The lowest BCUT2D eigenvalue weighted by Crippen LogP contribution is -2.47. The number of thiazole rings is 1. The summed E-state index contributed by atoms with van der Waals surface area (Å²) in [5.41, 5.74) is 18.8. The van der Waals surface area contributed by atoms with Gasteiger partial charge >= 0.3 is 0 Å².